The summed E-state index contributed by atoms with van der Waals surface area (Å²) < 4.78 is 2.59. The second kappa shape index (κ2) is 5.72. The van der Waals surface area contributed by atoms with Crippen LogP contribution in [0.1, 0.15) is 12.0 Å². The fourth-order valence-electron chi connectivity index (χ4n) is 1.44. The smallest absolute Gasteiger partial charge is 0.181 e. The van der Waals surface area contributed by atoms with Crippen LogP contribution in [-0.4, -0.2) is 15.4 Å². The van der Waals surface area contributed by atoms with Crippen LogP contribution in [0.4, 0.5) is 0 Å². The second-order valence-corrected chi connectivity index (χ2v) is 4.19. The van der Waals surface area contributed by atoms with E-state index < -0.39 is 0 Å². The van der Waals surface area contributed by atoms with Crippen molar-refractivity contribution >= 4 is 23.8 Å². The fraction of sp³-hybridized carbons (Fsp3) is 0.154. The molecule has 0 aliphatic carbocycles. The number of imidazole rings is 1. The van der Waals surface area contributed by atoms with E-state index in [1.54, 1.807) is 0 Å². The molecular formula is C13H11ClN2S. The van der Waals surface area contributed by atoms with Gasteiger partial charge in [-0.05, 0) is 36.5 Å². The number of nitrogens with one attached hydrogen (secondary N) is 1. The summed E-state index contributed by atoms with van der Waals surface area (Å²) in [5, 5.41) is 0. The van der Waals surface area contributed by atoms with E-state index in [0.717, 1.165) is 11.3 Å². The van der Waals surface area contributed by atoms with E-state index in [-0.39, 0.29) is 0 Å². The highest BCUT2D eigenvalue weighted by molar-refractivity contribution is 7.71. The van der Waals surface area contributed by atoms with Crippen molar-refractivity contribution in [3.63, 3.8) is 0 Å². The molecule has 2 nitrogen and oxygen atoms in total. The van der Waals surface area contributed by atoms with Gasteiger partial charge in [-0.1, -0.05) is 11.8 Å². The summed E-state index contributed by atoms with van der Waals surface area (Å²) in [5.74, 6) is 6.63. The topological polar surface area (TPSA) is 20.7 Å². The maximum absolute atomic E-state index is 5.56. The molecule has 0 aliphatic heterocycles. The first-order chi connectivity index (χ1) is 8.31. The van der Waals surface area contributed by atoms with Gasteiger partial charge in [-0.2, -0.15) is 0 Å². The Morgan fingerprint density at radius 3 is 2.65 bits per heavy atom. The number of halogens is 1. The lowest BCUT2D eigenvalue weighted by Gasteiger charge is -2.01. The monoisotopic (exact) mass is 262 g/mol. The van der Waals surface area contributed by atoms with Crippen molar-refractivity contribution in [1.82, 2.24) is 9.55 Å². The number of H-pyrrole nitrogens is 1. The lowest BCUT2D eigenvalue weighted by molar-refractivity contribution is 1.03. The van der Waals surface area contributed by atoms with E-state index in [1.807, 2.05) is 41.2 Å². The van der Waals surface area contributed by atoms with Crippen LogP contribution >= 0.6 is 23.8 Å². The summed E-state index contributed by atoms with van der Waals surface area (Å²) in [6, 6.07) is 7.94. The molecule has 2 aromatic rings. The summed E-state index contributed by atoms with van der Waals surface area (Å²) in [6.07, 6.45) is 4.43. The largest absolute Gasteiger partial charge is 0.337 e. The van der Waals surface area contributed by atoms with Crippen LogP contribution in [0.3, 0.4) is 0 Å². The molecule has 17 heavy (non-hydrogen) atoms. The Labute approximate surface area is 110 Å². The highest BCUT2D eigenvalue weighted by Crippen LogP contribution is 2.09. The number of benzene rings is 1. The minimum atomic E-state index is 0.573. The van der Waals surface area contributed by atoms with E-state index in [1.165, 1.54) is 0 Å². The highest BCUT2D eigenvalue weighted by Gasteiger charge is 1.96. The lowest BCUT2D eigenvalue weighted by atomic mass is 10.2. The first-order valence-corrected chi connectivity index (χ1v) is 6.17. The minimum absolute atomic E-state index is 0.573. The fourth-order valence-corrected chi connectivity index (χ4v) is 1.77. The molecule has 0 amide bonds. The molecule has 1 aromatic carbocycles. The van der Waals surface area contributed by atoms with Crippen molar-refractivity contribution in [2.45, 2.75) is 6.42 Å². The Hall–Kier alpha value is -1.50. The number of aromatic amines is 1. The molecule has 0 spiro atoms. The van der Waals surface area contributed by atoms with Gasteiger partial charge >= 0.3 is 0 Å². The second-order valence-electron chi connectivity index (χ2n) is 3.42. The Kier molecular flexibility index (Phi) is 4.03. The van der Waals surface area contributed by atoms with E-state index in [0.29, 0.717) is 17.1 Å². The summed E-state index contributed by atoms with van der Waals surface area (Å²) in [5.41, 5.74) is 2.01. The quantitative estimate of drug-likeness (QED) is 0.499. The third kappa shape index (κ3) is 3.00. The van der Waals surface area contributed by atoms with Crippen molar-refractivity contribution < 1.29 is 0 Å². The van der Waals surface area contributed by atoms with Gasteiger partial charge in [-0.15, -0.1) is 11.6 Å². The minimum Gasteiger partial charge on any atom is -0.337 e. The molecule has 0 fully saturated rings. The van der Waals surface area contributed by atoms with Gasteiger partial charge in [0.15, 0.2) is 4.77 Å². The number of rotatable bonds is 2. The van der Waals surface area contributed by atoms with Crippen LogP contribution < -0.4 is 0 Å². The third-order valence-electron chi connectivity index (χ3n) is 2.25. The molecule has 0 aliphatic rings. The third-order valence-corrected chi connectivity index (χ3v) is 2.75. The van der Waals surface area contributed by atoms with E-state index in [9.17, 15) is 0 Å². The number of aromatic nitrogens is 2. The van der Waals surface area contributed by atoms with Crippen molar-refractivity contribution in [2.75, 3.05) is 5.88 Å². The van der Waals surface area contributed by atoms with Crippen molar-refractivity contribution in [1.29, 1.82) is 0 Å². The summed E-state index contributed by atoms with van der Waals surface area (Å²) in [4.78, 5) is 2.96. The molecule has 2 rings (SSSR count). The van der Waals surface area contributed by atoms with Crippen LogP contribution in [0.5, 0.6) is 0 Å². The number of alkyl halides is 1. The summed E-state index contributed by atoms with van der Waals surface area (Å²) in [7, 11) is 0. The molecule has 0 saturated heterocycles. The average molecular weight is 263 g/mol. The van der Waals surface area contributed by atoms with Crippen LogP contribution in [0.2, 0.25) is 0 Å². The standard InChI is InChI=1S/C13H11ClN2S/c14-8-2-1-3-11-4-6-12(7-5-11)16-10-9-15-13(16)17/h4-7,9-10H,2,8H2,(H,15,17). The zero-order chi connectivity index (χ0) is 12.1. The van der Waals surface area contributed by atoms with E-state index in [2.05, 4.69) is 16.8 Å². The molecule has 0 saturated carbocycles. The van der Waals surface area contributed by atoms with Crippen LogP contribution in [0.25, 0.3) is 5.69 Å². The Balaban J connectivity index is 2.23. The Morgan fingerprint density at radius 2 is 2.06 bits per heavy atom. The number of hydrogen-bond acceptors (Lipinski definition) is 1. The molecule has 0 bridgehead atoms. The molecular weight excluding hydrogens is 252 g/mol. The van der Waals surface area contributed by atoms with Crippen molar-refractivity contribution in [3.8, 4) is 17.5 Å². The van der Waals surface area contributed by atoms with Crippen LogP contribution in [0, 0.1) is 16.6 Å². The molecule has 0 radical (unpaired) electrons. The van der Waals surface area contributed by atoms with Gasteiger partial charge in [0, 0.05) is 35.9 Å². The molecule has 0 atom stereocenters. The number of nitrogens with zero attached hydrogens (tertiary/aromatic N) is 1. The zero-order valence-corrected chi connectivity index (χ0v) is 10.7. The molecule has 1 N–H and O–H groups in total. The van der Waals surface area contributed by atoms with Gasteiger partial charge in [-0.3, -0.25) is 4.57 Å². The average Bonchev–Trinajstić information content (AvgIpc) is 2.77. The number of hydrogen-bond donors (Lipinski definition) is 1. The molecule has 0 unspecified atom stereocenters. The molecule has 86 valence electrons. The lowest BCUT2D eigenvalue weighted by Crippen LogP contribution is -1.91. The van der Waals surface area contributed by atoms with Gasteiger partial charge in [-0.25, -0.2) is 0 Å². The first-order valence-electron chi connectivity index (χ1n) is 5.22. The van der Waals surface area contributed by atoms with Gasteiger partial charge < -0.3 is 4.98 Å². The molecule has 1 aromatic heterocycles. The maximum Gasteiger partial charge on any atom is 0.181 e. The maximum atomic E-state index is 5.56. The summed E-state index contributed by atoms with van der Waals surface area (Å²) in [6.45, 7) is 0. The predicted octanol–water partition coefficient (Wildman–Crippen LogP) is 3.52. The Morgan fingerprint density at radius 1 is 1.29 bits per heavy atom. The van der Waals surface area contributed by atoms with Crippen molar-refractivity contribution in [3.05, 3.63) is 47.0 Å². The highest BCUT2D eigenvalue weighted by atomic mass is 35.5. The SMILES string of the molecule is S=c1[nH]ccn1-c1ccc(C#CCCCl)cc1. The van der Waals surface area contributed by atoms with Gasteiger partial charge in [0.05, 0.1) is 0 Å². The van der Waals surface area contributed by atoms with Crippen LogP contribution in [0.15, 0.2) is 36.7 Å². The van der Waals surface area contributed by atoms with E-state index >= 15 is 0 Å². The molecule has 4 heteroatoms. The molecule has 1 heterocycles. The zero-order valence-electron chi connectivity index (χ0n) is 9.11. The first kappa shape index (κ1) is 12.0. The van der Waals surface area contributed by atoms with Gasteiger partial charge in [0.25, 0.3) is 0 Å². The predicted molar refractivity (Wildman–Crippen MR) is 73.2 cm³/mol. The van der Waals surface area contributed by atoms with Gasteiger partial charge in [0.2, 0.25) is 0 Å². The summed E-state index contributed by atoms with van der Waals surface area (Å²) >= 11 is 10.7. The van der Waals surface area contributed by atoms with Gasteiger partial charge in [0.1, 0.15) is 0 Å². The normalized spacial score (nSPS) is 9.71. The van der Waals surface area contributed by atoms with E-state index in [4.69, 9.17) is 23.8 Å². The van der Waals surface area contributed by atoms with Crippen molar-refractivity contribution in [2.24, 2.45) is 0 Å². The Bertz CT molecular complexity index is 599. The van der Waals surface area contributed by atoms with Crippen LogP contribution in [-0.2, 0) is 0 Å².